The molecule has 2 aromatic rings. The zero-order chi connectivity index (χ0) is 14.9. The Balaban J connectivity index is 2.50. The van der Waals surface area contributed by atoms with E-state index in [1.807, 2.05) is 11.5 Å². The summed E-state index contributed by atoms with van der Waals surface area (Å²) in [7, 11) is -0.885. The Morgan fingerprint density at radius 1 is 1.50 bits per heavy atom. The van der Waals surface area contributed by atoms with Crippen molar-refractivity contribution in [3.63, 3.8) is 0 Å². The molecule has 0 saturated heterocycles. The standard InChI is InChI=1S/C13H15Cl2FN2OS/c1-3-20(19)5-4-18-12-6-9(15)10(16)7-11(12)17-13(18)8(2)14/h6-8H,3-5H2,1-2H3. The smallest absolute Gasteiger partial charge is 0.144 e. The molecular formula is C13H15Cl2FN2OS. The van der Waals surface area contributed by atoms with E-state index in [0.717, 1.165) is 0 Å². The molecule has 1 aromatic heterocycles. The maximum atomic E-state index is 13.5. The van der Waals surface area contributed by atoms with Crippen LogP contribution in [0.3, 0.4) is 0 Å². The molecule has 20 heavy (non-hydrogen) atoms. The van der Waals surface area contributed by atoms with Crippen LogP contribution in [0.15, 0.2) is 12.1 Å². The Kier molecular flexibility index (Phi) is 5.04. The summed E-state index contributed by atoms with van der Waals surface area (Å²) in [6, 6.07) is 2.84. The van der Waals surface area contributed by atoms with Gasteiger partial charge in [-0.25, -0.2) is 9.37 Å². The summed E-state index contributed by atoms with van der Waals surface area (Å²) in [5, 5.41) is -0.275. The Morgan fingerprint density at radius 2 is 2.20 bits per heavy atom. The Morgan fingerprint density at radius 3 is 2.80 bits per heavy atom. The lowest BCUT2D eigenvalue weighted by molar-refractivity contribution is 0.629. The van der Waals surface area contributed by atoms with Gasteiger partial charge in [0.05, 0.1) is 21.4 Å². The molecule has 2 atom stereocenters. The predicted molar refractivity (Wildman–Crippen MR) is 82.5 cm³/mol. The van der Waals surface area contributed by atoms with Crippen molar-refractivity contribution in [1.82, 2.24) is 9.55 Å². The Labute approximate surface area is 129 Å². The molecule has 0 amide bonds. The molecule has 0 aliphatic rings. The van der Waals surface area contributed by atoms with Gasteiger partial charge in [0.2, 0.25) is 0 Å². The second kappa shape index (κ2) is 6.41. The molecule has 1 heterocycles. The zero-order valence-corrected chi connectivity index (χ0v) is 13.5. The van der Waals surface area contributed by atoms with Gasteiger partial charge in [-0.05, 0) is 13.0 Å². The molecule has 0 radical (unpaired) electrons. The average Bonchev–Trinajstić information content (AvgIpc) is 2.74. The van der Waals surface area contributed by atoms with Crippen LogP contribution in [0.4, 0.5) is 4.39 Å². The topological polar surface area (TPSA) is 34.9 Å². The first-order chi connectivity index (χ1) is 9.43. The van der Waals surface area contributed by atoms with E-state index < -0.39 is 16.6 Å². The largest absolute Gasteiger partial charge is 0.326 e. The molecule has 0 saturated carbocycles. The molecular weight excluding hydrogens is 322 g/mol. The summed E-state index contributed by atoms with van der Waals surface area (Å²) in [4.78, 5) is 4.35. The van der Waals surface area contributed by atoms with Gasteiger partial charge in [0.15, 0.2) is 0 Å². The second-order valence-electron chi connectivity index (χ2n) is 4.43. The molecule has 0 aliphatic carbocycles. The van der Waals surface area contributed by atoms with Crippen LogP contribution in [-0.2, 0) is 17.3 Å². The number of hydrogen-bond acceptors (Lipinski definition) is 2. The van der Waals surface area contributed by atoms with Crippen LogP contribution in [-0.4, -0.2) is 25.3 Å². The molecule has 0 bridgehead atoms. The highest BCUT2D eigenvalue weighted by molar-refractivity contribution is 7.84. The minimum absolute atomic E-state index is 0.0454. The number of aromatic nitrogens is 2. The van der Waals surface area contributed by atoms with Crippen LogP contribution in [0.5, 0.6) is 0 Å². The molecule has 0 spiro atoms. The van der Waals surface area contributed by atoms with E-state index in [0.29, 0.717) is 34.9 Å². The molecule has 3 nitrogen and oxygen atoms in total. The summed E-state index contributed by atoms with van der Waals surface area (Å²) in [5.74, 6) is 1.24. The van der Waals surface area contributed by atoms with Crippen molar-refractivity contribution in [3.8, 4) is 0 Å². The van der Waals surface area contributed by atoms with Crippen LogP contribution in [0.25, 0.3) is 11.0 Å². The van der Waals surface area contributed by atoms with E-state index in [-0.39, 0.29) is 10.4 Å². The first kappa shape index (κ1) is 15.7. The van der Waals surface area contributed by atoms with Gasteiger partial charge in [-0.1, -0.05) is 18.5 Å². The number of halogens is 3. The van der Waals surface area contributed by atoms with Gasteiger partial charge in [-0.15, -0.1) is 11.6 Å². The molecule has 0 N–H and O–H groups in total. The third kappa shape index (κ3) is 3.15. The number of fused-ring (bicyclic) bond motifs is 1. The molecule has 0 fully saturated rings. The first-order valence-electron chi connectivity index (χ1n) is 6.28. The summed E-state index contributed by atoms with van der Waals surface area (Å²) in [6.07, 6.45) is 0. The summed E-state index contributed by atoms with van der Waals surface area (Å²) < 4.78 is 27.0. The van der Waals surface area contributed by atoms with Gasteiger partial charge in [0.1, 0.15) is 11.6 Å². The molecule has 1 aromatic carbocycles. The summed E-state index contributed by atoms with van der Waals surface area (Å²) >= 11 is 12.0. The van der Waals surface area contributed by atoms with Crippen LogP contribution < -0.4 is 0 Å². The predicted octanol–water partition coefficient (Wildman–Crippen LogP) is 3.90. The highest BCUT2D eigenvalue weighted by Crippen LogP contribution is 2.28. The molecule has 0 aliphatic heterocycles. The van der Waals surface area contributed by atoms with E-state index in [1.165, 1.54) is 12.1 Å². The number of rotatable bonds is 5. The van der Waals surface area contributed by atoms with E-state index in [2.05, 4.69) is 4.98 Å². The van der Waals surface area contributed by atoms with E-state index in [1.54, 1.807) is 6.92 Å². The van der Waals surface area contributed by atoms with Gasteiger partial charge < -0.3 is 4.57 Å². The second-order valence-corrected chi connectivity index (χ2v) is 7.35. The SMILES string of the molecule is CCS(=O)CCn1c(C(C)Cl)nc2cc(F)c(Cl)cc21. The zero-order valence-electron chi connectivity index (χ0n) is 11.2. The summed E-state index contributed by atoms with van der Waals surface area (Å²) in [5.41, 5.74) is 1.23. The van der Waals surface area contributed by atoms with Crippen molar-refractivity contribution in [3.05, 3.63) is 28.8 Å². The number of alkyl halides is 1. The Bertz CT molecular complexity index is 657. The molecule has 7 heteroatoms. The lowest BCUT2D eigenvalue weighted by Crippen LogP contribution is -2.12. The number of imidazole rings is 1. The van der Waals surface area contributed by atoms with E-state index >= 15 is 0 Å². The maximum Gasteiger partial charge on any atom is 0.144 e. The van der Waals surface area contributed by atoms with Crippen molar-refractivity contribution in [2.24, 2.45) is 0 Å². The van der Waals surface area contributed by atoms with Gasteiger partial charge in [-0.3, -0.25) is 4.21 Å². The quantitative estimate of drug-likeness (QED) is 0.776. The minimum atomic E-state index is -0.885. The third-order valence-electron chi connectivity index (χ3n) is 3.04. The fourth-order valence-corrected chi connectivity index (χ4v) is 3.01. The van der Waals surface area contributed by atoms with Crippen LogP contribution in [0.2, 0.25) is 5.02 Å². The number of nitrogens with zero attached hydrogens (tertiary/aromatic N) is 2. The lowest BCUT2D eigenvalue weighted by Gasteiger charge is -2.10. The van der Waals surface area contributed by atoms with E-state index in [9.17, 15) is 8.60 Å². The van der Waals surface area contributed by atoms with Crippen molar-refractivity contribution in [2.45, 2.75) is 25.8 Å². The Hall–Kier alpha value is -0.650. The monoisotopic (exact) mass is 336 g/mol. The van der Waals surface area contributed by atoms with Crippen LogP contribution in [0.1, 0.15) is 25.0 Å². The van der Waals surface area contributed by atoms with Gasteiger partial charge in [0.25, 0.3) is 0 Å². The van der Waals surface area contributed by atoms with Gasteiger partial charge in [0, 0.05) is 34.9 Å². The highest BCUT2D eigenvalue weighted by atomic mass is 35.5. The maximum absolute atomic E-state index is 13.5. The van der Waals surface area contributed by atoms with Crippen LogP contribution >= 0.6 is 23.2 Å². The van der Waals surface area contributed by atoms with Gasteiger partial charge in [-0.2, -0.15) is 0 Å². The molecule has 110 valence electrons. The summed E-state index contributed by atoms with van der Waals surface area (Å²) in [6.45, 7) is 4.19. The normalized spacial score (nSPS) is 14.7. The van der Waals surface area contributed by atoms with Crippen molar-refractivity contribution < 1.29 is 8.60 Å². The van der Waals surface area contributed by atoms with E-state index in [4.69, 9.17) is 23.2 Å². The lowest BCUT2D eigenvalue weighted by atomic mass is 10.3. The fraction of sp³-hybridized carbons (Fsp3) is 0.462. The van der Waals surface area contributed by atoms with Crippen molar-refractivity contribution in [2.75, 3.05) is 11.5 Å². The third-order valence-corrected chi connectivity index (χ3v) is 4.81. The van der Waals surface area contributed by atoms with Crippen molar-refractivity contribution >= 4 is 45.0 Å². The van der Waals surface area contributed by atoms with Gasteiger partial charge >= 0.3 is 0 Å². The molecule has 2 unspecified atom stereocenters. The average molecular weight is 337 g/mol. The number of benzene rings is 1. The number of aryl methyl sites for hydroxylation is 1. The minimum Gasteiger partial charge on any atom is -0.326 e. The molecule has 2 rings (SSSR count). The number of hydrogen-bond donors (Lipinski definition) is 0. The highest BCUT2D eigenvalue weighted by Gasteiger charge is 2.17. The fourth-order valence-electron chi connectivity index (χ4n) is 2.01. The van der Waals surface area contributed by atoms with Crippen LogP contribution in [0, 0.1) is 5.82 Å². The van der Waals surface area contributed by atoms with Crippen molar-refractivity contribution in [1.29, 1.82) is 0 Å². The first-order valence-corrected chi connectivity index (χ1v) is 8.58.